The number of methoxy groups -OCH3 is 1. The number of ether oxygens (including phenoxy) is 1. The van der Waals surface area contributed by atoms with Gasteiger partial charge in [-0.25, -0.2) is 9.78 Å². The van der Waals surface area contributed by atoms with E-state index in [4.69, 9.17) is 4.74 Å². The van der Waals surface area contributed by atoms with Crippen LogP contribution in [-0.2, 0) is 28.9 Å². The third-order valence-electron chi connectivity index (χ3n) is 5.17. The molecule has 0 saturated carbocycles. The van der Waals surface area contributed by atoms with Crippen molar-refractivity contribution in [2.24, 2.45) is 0 Å². The van der Waals surface area contributed by atoms with Gasteiger partial charge in [-0.2, -0.15) is 0 Å². The number of thiophene rings is 1. The topological polar surface area (TPSA) is 90.3 Å². The molecule has 0 bridgehead atoms. The molecule has 2 aromatic heterocycles. The average molecular weight is 411 g/mol. The first-order chi connectivity index (χ1) is 14.0. The highest BCUT2D eigenvalue weighted by molar-refractivity contribution is 7.18. The highest BCUT2D eigenvalue weighted by Crippen LogP contribution is 2.33. The molecule has 3 aromatic rings. The highest BCUT2D eigenvalue weighted by Gasteiger charge is 2.22. The molecule has 0 radical (unpaired) electrons. The van der Waals surface area contributed by atoms with Crippen LogP contribution in [0.5, 0.6) is 0 Å². The fourth-order valence-electron chi connectivity index (χ4n) is 3.74. The Hall–Kier alpha value is -3.00. The van der Waals surface area contributed by atoms with E-state index in [0.29, 0.717) is 16.9 Å². The van der Waals surface area contributed by atoms with Crippen LogP contribution in [0.2, 0.25) is 0 Å². The van der Waals surface area contributed by atoms with Crippen LogP contribution in [0.3, 0.4) is 0 Å². The summed E-state index contributed by atoms with van der Waals surface area (Å²) in [5.74, 6) is -0.448. The lowest BCUT2D eigenvalue weighted by atomic mass is 9.97. The fraction of sp³-hybridized carbons (Fsp3) is 0.333. The van der Waals surface area contributed by atoms with E-state index in [2.05, 4.69) is 10.3 Å². The van der Waals surface area contributed by atoms with Crippen molar-refractivity contribution in [3.05, 3.63) is 56.4 Å². The number of hydrogen-bond donors (Lipinski definition) is 1. The third-order valence-corrected chi connectivity index (χ3v) is 6.36. The Kier molecular flexibility index (Phi) is 5.19. The molecule has 1 amide bonds. The number of nitrogens with zero attached hydrogens (tertiary/aromatic N) is 2. The van der Waals surface area contributed by atoms with E-state index in [1.54, 1.807) is 42.5 Å². The fourth-order valence-corrected chi connectivity index (χ4v) is 5.04. The van der Waals surface area contributed by atoms with Crippen LogP contribution in [-0.4, -0.2) is 28.5 Å². The van der Waals surface area contributed by atoms with Crippen LogP contribution in [0.15, 0.2) is 29.1 Å². The van der Waals surface area contributed by atoms with Crippen molar-refractivity contribution in [1.29, 1.82) is 0 Å². The van der Waals surface area contributed by atoms with E-state index in [0.717, 1.165) is 36.1 Å². The van der Waals surface area contributed by atoms with Crippen LogP contribution in [0.4, 0.5) is 5.69 Å². The van der Waals surface area contributed by atoms with E-state index in [1.165, 1.54) is 16.6 Å². The maximum Gasteiger partial charge on any atom is 0.339 e. The van der Waals surface area contributed by atoms with Gasteiger partial charge in [0.05, 0.1) is 23.7 Å². The second-order valence-corrected chi connectivity index (χ2v) is 8.11. The molecule has 1 aliphatic carbocycles. The van der Waals surface area contributed by atoms with Crippen LogP contribution in [0.25, 0.3) is 10.2 Å². The van der Waals surface area contributed by atoms with Crippen molar-refractivity contribution in [3.8, 4) is 0 Å². The van der Waals surface area contributed by atoms with Gasteiger partial charge in [-0.1, -0.05) is 12.1 Å². The third kappa shape index (κ3) is 3.55. The summed E-state index contributed by atoms with van der Waals surface area (Å²) >= 11 is 1.59. The SMILES string of the molecule is COC(=O)c1ccccc1NC(=O)Cn1c(C)nc2sc3c(c2c1=O)CCCC3. The van der Waals surface area contributed by atoms with Crippen LogP contribution in [0, 0.1) is 6.92 Å². The van der Waals surface area contributed by atoms with E-state index in [1.807, 2.05) is 0 Å². The molecule has 0 unspecified atom stereocenters. The van der Waals surface area contributed by atoms with Crippen molar-refractivity contribution in [2.75, 3.05) is 12.4 Å². The number of carbonyl (C=O) groups is 2. The van der Waals surface area contributed by atoms with Gasteiger partial charge in [0, 0.05) is 4.88 Å². The zero-order chi connectivity index (χ0) is 20.5. The molecule has 150 valence electrons. The number of rotatable bonds is 4. The lowest BCUT2D eigenvalue weighted by Crippen LogP contribution is -2.30. The number of benzene rings is 1. The van der Waals surface area contributed by atoms with Gasteiger partial charge < -0.3 is 10.1 Å². The molecular weight excluding hydrogens is 390 g/mol. The van der Waals surface area contributed by atoms with Gasteiger partial charge in [0.2, 0.25) is 5.91 Å². The second-order valence-electron chi connectivity index (χ2n) is 7.03. The molecule has 7 nitrogen and oxygen atoms in total. The predicted octanol–water partition coefficient (Wildman–Crippen LogP) is 3.07. The molecule has 0 saturated heterocycles. The van der Waals surface area contributed by atoms with E-state index in [-0.39, 0.29) is 17.7 Å². The first kappa shape index (κ1) is 19.3. The summed E-state index contributed by atoms with van der Waals surface area (Å²) in [6.07, 6.45) is 4.07. The Morgan fingerprint density at radius 2 is 2.00 bits per heavy atom. The summed E-state index contributed by atoms with van der Waals surface area (Å²) in [4.78, 5) is 44.3. The number of aryl methyl sites for hydroxylation is 3. The van der Waals surface area contributed by atoms with Crippen molar-refractivity contribution in [3.63, 3.8) is 0 Å². The van der Waals surface area contributed by atoms with Gasteiger partial charge in [-0.15, -0.1) is 11.3 Å². The second kappa shape index (κ2) is 7.79. The summed E-state index contributed by atoms with van der Waals surface area (Å²) in [7, 11) is 1.28. The van der Waals surface area contributed by atoms with Crippen molar-refractivity contribution in [1.82, 2.24) is 9.55 Å². The van der Waals surface area contributed by atoms with Gasteiger partial charge in [0.1, 0.15) is 17.2 Å². The number of amides is 1. The minimum absolute atomic E-state index is 0.173. The largest absolute Gasteiger partial charge is 0.465 e. The Balaban J connectivity index is 1.66. The zero-order valence-corrected chi connectivity index (χ0v) is 17.1. The zero-order valence-electron chi connectivity index (χ0n) is 16.3. The van der Waals surface area contributed by atoms with Crippen molar-refractivity contribution < 1.29 is 14.3 Å². The minimum Gasteiger partial charge on any atom is -0.465 e. The molecule has 1 N–H and O–H groups in total. The average Bonchev–Trinajstić information content (AvgIpc) is 3.09. The molecule has 2 heterocycles. The first-order valence-corrected chi connectivity index (χ1v) is 10.3. The molecule has 29 heavy (non-hydrogen) atoms. The van der Waals surface area contributed by atoms with Gasteiger partial charge in [-0.05, 0) is 50.3 Å². The van der Waals surface area contributed by atoms with E-state index < -0.39 is 11.9 Å². The monoisotopic (exact) mass is 411 g/mol. The van der Waals surface area contributed by atoms with E-state index in [9.17, 15) is 14.4 Å². The number of anilines is 1. The Morgan fingerprint density at radius 1 is 1.24 bits per heavy atom. The normalized spacial score (nSPS) is 13.2. The molecule has 0 fully saturated rings. The lowest BCUT2D eigenvalue weighted by Gasteiger charge is -2.13. The summed E-state index contributed by atoms with van der Waals surface area (Å²) in [6, 6.07) is 6.60. The van der Waals surface area contributed by atoms with Gasteiger partial charge in [-0.3, -0.25) is 14.2 Å². The standard InChI is InChI=1S/C21H21N3O4S/c1-12-22-19-18(14-8-4-6-10-16(14)29-19)20(26)24(12)11-17(25)23-15-9-5-3-7-13(15)21(27)28-2/h3,5,7,9H,4,6,8,10-11H2,1-2H3,(H,23,25). The molecule has 0 atom stereocenters. The maximum atomic E-state index is 13.2. The molecular formula is C21H21N3O4S. The molecule has 8 heteroatoms. The van der Waals surface area contributed by atoms with Crippen LogP contribution in [0.1, 0.15) is 39.5 Å². The first-order valence-electron chi connectivity index (χ1n) is 9.48. The highest BCUT2D eigenvalue weighted by atomic mass is 32.1. The van der Waals surface area contributed by atoms with Crippen molar-refractivity contribution >= 4 is 39.1 Å². The number of fused-ring (bicyclic) bond motifs is 3. The molecule has 0 aliphatic heterocycles. The van der Waals surface area contributed by atoms with Gasteiger partial charge in [0.15, 0.2) is 0 Å². The number of aromatic nitrogens is 2. The quantitative estimate of drug-likeness (QED) is 0.667. The number of hydrogen-bond acceptors (Lipinski definition) is 6. The summed E-state index contributed by atoms with van der Waals surface area (Å²) in [6.45, 7) is 1.56. The van der Waals surface area contributed by atoms with Crippen LogP contribution < -0.4 is 10.9 Å². The Morgan fingerprint density at radius 3 is 2.79 bits per heavy atom. The molecule has 0 spiro atoms. The Labute approximate surface area is 171 Å². The number of para-hydroxylation sites is 1. The van der Waals surface area contributed by atoms with Crippen LogP contribution >= 0.6 is 11.3 Å². The molecule has 4 rings (SSSR count). The van der Waals surface area contributed by atoms with Gasteiger partial charge >= 0.3 is 5.97 Å². The lowest BCUT2D eigenvalue weighted by molar-refractivity contribution is -0.116. The predicted molar refractivity (Wildman–Crippen MR) is 112 cm³/mol. The minimum atomic E-state index is -0.540. The molecule has 1 aromatic carbocycles. The maximum absolute atomic E-state index is 13.2. The van der Waals surface area contributed by atoms with E-state index >= 15 is 0 Å². The summed E-state index contributed by atoms with van der Waals surface area (Å²) < 4.78 is 6.16. The number of carbonyl (C=O) groups excluding carboxylic acids is 2. The number of esters is 1. The smallest absolute Gasteiger partial charge is 0.339 e. The van der Waals surface area contributed by atoms with Gasteiger partial charge in [0.25, 0.3) is 5.56 Å². The summed E-state index contributed by atoms with van der Waals surface area (Å²) in [5.41, 5.74) is 1.52. The molecule has 1 aliphatic rings. The van der Waals surface area contributed by atoms with Crippen molar-refractivity contribution in [2.45, 2.75) is 39.2 Å². The Bertz CT molecular complexity index is 1180. The summed E-state index contributed by atoms with van der Waals surface area (Å²) in [5, 5.41) is 3.36. The number of nitrogens with one attached hydrogen (secondary N) is 1.